The Bertz CT molecular complexity index is 519. The van der Waals surface area contributed by atoms with Crippen molar-refractivity contribution >= 4 is 12.0 Å². The number of likely N-dealkylation sites (tertiary alicyclic amines) is 1. The summed E-state index contributed by atoms with van der Waals surface area (Å²) in [4.78, 5) is 25.6. The molecule has 0 saturated carbocycles. The van der Waals surface area contributed by atoms with Crippen LogP contribution in [-0.4, -0.2) is 42.1 Å². The highest BCUT2D eigenvalue weighted by atomic mass is 16.6. The van der Waals surface area contributed by atoms with Gasteiger partial charge in [0.1, 0.15) is 6.61 Å². The second-order valence-electron chi connectivity index (χ2n) is 5.92. The van der Waals surface area contributed by atoms with Crippen molar-refractivity contribution in [2.45, 2.75) is 44.9 Å². The number of carbonyl (C=O) groups is 2. The SMILES string of the molecule is CC(N)C(=O)NCC1CCCCN1C(=O)OCc1ccccc1. The van der Waals surface area contributed by atoms with E-state index in [0.29, 0.717) is 13.1 Å². The smallest absolute Gasteiger partial charge is 0.410 e. The standard InChI is InChI=1S/C17H25N3O3/c1-13(18)16(21)19-11-15-9-5-6-10-20(15)17(22)23-12-14-7-3-2-4-8-14/h2-4,7-8,13,15H,5-6,9-12,18H2,1H3,(H,19,21). The van der Waals surface area contributed by atoms with E-state index in [1.54, 1.807) is 11.8 Å². The molecule has 1 aromatic rings. The fourth-order valence-corrected chi connectivity index (χ4v) is 2.63. The highest BCUT2D eigenvalue weighted by Crippen LogP contribution is 2.18. The summed E-state index contributed by atoms with van der Waals surface area (Å²) in [5.41, 5.74) is 6.50. The Kier molecular flexibility index (Phi) is 6.40. The van der Waals surface area contributed by atoms with E-state index in [1.807, 2.05) is 30.3 Å². The highest BCUT2D eigenvalue weighted by Gasteiger charge is 2.28. The van der Waals surface area contributed by atoms with Gasteiger partial charge in [0, 0.05) is 13.1 Å². The molecule has 23 heavy (non-hydrogen) atoms. The highest BCUT2D eigenvalue weighted by molar-refractivity contribution is 5.81. The Morgan fingerprint density at radius 1 is 1.35 bits per heavy atom. The predicted molar refractivity (Wildman–Crippen MR) is 87.6 cm³/mol. The van der Waals surface area contributed by atoms with Gasteiger partial charge in [-0.05, 0) is 31.7 Å². The van der Waals surface area contributed by atoms with Gasteiger partial charge in [-0.1, -0.05) is 30.3 Å². The molecule has 0 spiro atoms. The first-order valence-corrected chi connectivity index (χ1v) is 8.08. The molecule has 1 heterocycles. The minimum absolute atomic E-state index is 0.0327. The third-order valence-electron chi connectivity index (χ3n) is 3.99. The van der Waals surface area contributed by atoms with Gasteiger partial charge in [-0.15, -0.1) is 0 Å². The average molecular weight is 319 g/mol. The number of piperidine rings is 1. The zero-order valence-electron chi connectivity index (χ0n) is 13.5. The molecule has 1 aliphatic heterocycles. The first kappa shape index (κ1) is 17.3. The van der Waals surface area contributed by atoms with Gasteiger partial charge in [-0.25, -0.2) is 4.79 Å². The number of hydrogen-bond acceptors (Lipinski definition) is 4. The summed E-state index contributed by atoms with van der Waals surface area (Å²) in [7, 11) is 0. The van der Waals surface area contributed by atoms with Crippen molar-refractivity contribution in [2.24, 2.45) is 5.73 Å². The Morgan fingerprint density at radius 2 is 2.09 bits per heavy atom. The summed E-state index contributed by atoms with van der Waals surface area (Å²) in [6, 6.07) is 9.01. The number of benzene rings is 1. The van der Waals surface area contributed by atoms with E-state index in [0.717, 1.165) is 24.8 Å². The maximum absolute atomic E-state index is 12.3. The molecule has 6 heteroatoms. The van der Waals surface area contributed by atoms with Gasteiger partial charge in [-0.2, -0.15) is 0 Å². The lowest BCUT2D eigenvalue weighted by atomic mass is 10.0. The normalized spacial score (nSPS) is 19.0. The summed E-state index contributed by atoms with van der Waals surface area (Å²) < 4.78 is 5.40. The van der Waals surface area contributed by atoms with Gasteiger partial charge >= 0.3 is 6.09 Å². The quantitative estimate of drug-likeness (QED) is 0.864. The number of hydrogen-bond donors (Lipinski definition) is 2. The van der Waals surface area contributed by atoms with Crippen molar-refractivity contribution in [1.29, 1.82) is 0 Å². The topological polar surface area (TPSA) is 84.7 Å². The summed E-state index contributed by atoms with van der Waals surface area (Å²) in [5, 5.41) is 2.80. The van der Waals surface area contributed by atoms with E-state index in [1.165, 1.54) is 0 Å². The second-order valence-corrected chi connectivity index (χ2v) is 5.92. The van der Waals surface area contributed by atoms with Gasteiger partial charge in [0.25, 0.3) is 0 Å². The number of rotatable bonds is 5. The Labute approximate surface area is 137 Å². The Balaban J connectivity index is 1.86. The summed E-state index contributed by atoms with van der Waals surface area (Å²) >= 11 is 0. The van der Waals surface area contributed by atoms with Gasteiger partial charge in [0.05, 0.1) is 12.1 Å². The van der Waals surface area contributed by atoms with Crippen molar-refractivity contribution in [1.82, 2.24) is 10.2 Å². The fourth-order valence-electron chi connectivity index (χ4n) is 2.63. The van der Waals surface area contributed by atoms with Crippen LogP contribution in [0.15, 0.2) is 30.3 Å². The summed E-state index contributed by atoms with van der Waals surface area (Å²) in [6.07, 6.45) is 2.53. The Hall–Kier alpha value is -2.08. The zero-order chi connectivity index (χ0) is 16.7. The maximum atomic E-state index is 12.3. The van der Waals surface area contributed by atoms with Crippen molar-refractivity contribution in [3.05, 3.63) is 35.9 Å². The van der Waals surface area contributed by atoms with E-state index in [9.17, 15) is 9.59 Å². The molecule has 0 aliphatic carbocycles. The first-order valence-electron chi connectivity index (χ1n) is 8.08. The van der Waals surface area contributed by atoms with E-state index < -0.39 is 6.04 Å². The molecule has 0 radical (unpaired) electrons. The number of nitrogens with one attached hydrogen (secondary N) is 1. The molecule has 0 bridgehead atoms. The lowest BCUT2D eigenvalue weighted by Gasteiger charge is -2.35. The zero-order valence-corrected chi connectivity index (χ0v) is 13.5. The summed E-state index contributed by atoms with van der Waals surface area (Å²) in [6.45, 7) is 2.98. The van der Waals surface area contributed by atoms with Gasteiger partial charge < -0.3 is 20.7 Å². The molecule has 1 aromatic carbocycles. The molecule has 126 valence electrons. The summed E-state index contributed by atoms with van der Waals surface area (Å²) in [5.74, 6) is -0.201. The molecular formula is C17H25N3O3. The van der Waals surface area contributed by atoms with Crippen LogP contribution in [0.2, 0.25) is 0 Å². The van der Waals surface area contributed by atoms with Crippen LogP contribution < -0.4 is 11.1 Å². The van der Waals surface area contributed by atoms with Crippen LogP contribution in [0.4, 0.5) is 4.79 Å². The lowest BCUT2D eigenvalue weighted by Crippen LogP contribution is -2.51. The molecule has 6 nitrogen and oxygen atoms in total. The van der Waals surface area contributed by atoms with E-state index in [2.05, 4.69) is 5.32 Å². The van der Waals surface area contributed by atoms with Gasteiger partial charge in [0.2, 0.25) is 5.91 Å². The van der Waals surface area contributed by atoms with Crippen molar-refractivity contribution < 1.29 is 14.3 Å². The third-order valence-corrected chi connectivity index (χ3v) is 3.99. The largest absolute Gasteiger partial charge is 0.445 e. The monoisotopic (exact) mass is 319 g/mol. The van der Waals surface area contributed by atoms with Crippen molar-refractivity contribution in [2.75, 3.05) is 13.1 Å². The van der Waals surface area contributed by atoms with E-state index in [4.69, 9.17) is 10.5 Å². The van der Waals surface area contributed by atoms with Gasteiger partial charge in [-0.3, -0.25) is 4.79 Å². The van der Waals surface area contributed by atoms with Crippen LogP contribution in [0, 0.1) is 0 Å². The van der Waals surface area contributed by atoms with Gasteiger partial charge in [0.15, 0.2) is 0 Å². The molecule has 2 rings (SSSR count). The van der Waals surface area contributed by atoms with Crippen LogP contribution in [0.5, 0.6) is 0 Å². The third kappa shape index (κ3) is 5.25. The van der Waals surface area contributed by atoms with E-state index in [-0.39, 0.29) is 24.6 Å². The molecule has 1 aliphatic rings. The van der Waals surface area contributed by atoms with Crippen LogP contribution in [0.3, 0.4) is 0 Å². The molecule has 0 aromatic heterocycles. The molecule has 1 fully saturated rings. The first-order chi connectivity index (χ1) is 11.1. The molecule has 2 atom stereocenters. The molecular weight excluding hydrogens is 294 g/mol. The maximum Gasteiger partial charge on any atom is 0.410 e. The minimum Gasteiger partial charge on any atom is -0.445 e. The van der Waals surface area contributed by atoms with Crippen molar-refractivity contribution in [3.63, 3.8) is 0 Å². The minimum atomic E-state index is -0.544. The molecule has 3 N–H and O–H groups in total. The number of amides is 2. The van der Waals surface area contributed by atoms with Crippen LogP contribution in [0.25, 0.3) is 0 Å². The van der Waals surface area contributed by atoms with Crippen LogP contribution >= 0.6 is 0 Å². The Morgan fingerprint density at radius 3 is 2.78 bits per heavy atom. The molecule has 1 saturated heterocycles. The number of nitrogens with zero attached hydrogens (tertiary/aromatic N) is 1. The fraction of sp³-hybridized carbons (Fsp3) is 0.529. The lowest BCUT2D eigenvalue weighted by molar-refractivity contribution is -0.122. The molecule has 2 amide bonds. The number of ether oxygens (including phenoxy) is 1. The predicted octanol–water partition coefficient (Wildman–Crippen LogP) is 1.64. The van der Waals surface area contributed by atoms with Crippen LogP contribution in [-0.2, 0) is 16.1 Å². The average Bonchev–Trinajstić information content (AvgIpc) is 2.58. The van der Waals surface area contributed by atoms with Crippen LogP contribution in [0.1, 0.15) is 31.7 Å². The second kappa shape index (κ2) is 8.53. The van der Waals surface area contributed by atoms with E-state index >= 15 is 0 Å². The van der Waals surface area contributed by atoms with Crippen molar-refractivity contribution in [3.8, 4) is 0 Å². The number of nitrogens with two attached hydrogens (primary N) is 1. The number of carbonyl (C=O) groups excluding carboxylic acids is 2. The molecule has 2 unspecified atom stereocenters.